The molecule has 2 aromatic carbocycles. The van der Waals surface area contributed by atoms with Crippen LogP contribution in [0.15, 0.2) is 52.1 Å². The van der Waals surface area contributed by atoms with E-state index in [-0.39, 0.29) is 37.2 Å². The smallest absolute Gasteiger partial charge is 0.330 e. The summed E-state index contributed by atoms with van der Waals surface area (Å²) in [4.78, 5) is 41.4. The standard InChI is InChI=1S/C23H28N4O5/c1-15(2)13-27-21(24)20(22(29)25-23(27)30)26(10-11-31-3)19(28)14-32-18-9-8-16-6-4-5-7-17(16)12-18/h4-9,12,15H,10-11,13-14,24H2,1-3H3,(H,25,29,30). The van der Waals surface area contributed by atoms with Crippen molar-refractivity contribution >= 4 is 28.2 Å². The zero-order valence-corrected chi connectivity index (χ0v) is 18.5. The molecule has 0 unspecified atom stereocenters. The van der Waals surface area contributed by atoms with Gasteiger partial charge in [-0.2, -0.15) is 0 Å². The number of fused-ring (bicyclic) bond motifs is 1. The van der Waals surface area contributed by atoms with Gasteiger partial charge in [0.05, 0.1) is 6.61 Å². The molecule has 0 radical (unpaired) electrons. The van der Waals surface area contributed by atoms with Gasteiger partial charge in [-0.15, -0.1) is 0 Å². The van der Waals surface area contributed by atoms with Gasteiger partial charge in [0.15, 0.2) is 12.3 Å². The van der Waals surface area contributed by atoms with Crippen LogP contribution in [0.4, 0.5) is 11.5 Å². The number of methoxy groups -OCH3 is 1. The fourth-order valence-electron chi connectivity index (χ4n) is 3.41. The number of aromatic nitrogens is 2. The first-order valence-electron chi connectivity index (χ1n) is 10.3. The maximum Gasteiger partial charge on any atom is 0.330 e. The van der Waals surface area contributed by atoms with Crippen LogP contribution in [0.5, 0.6) is 5.75 Å². The number of benzene rings is 2. The van der Waals surface area contributed by atoms with Crippen molar-refractivity contribution in [3.05, 3.63) is 63.3 Å². The lowest BCUT2D eigenvalue weighted by atomic mass is 10.1. The summed E-state index contributed by atoms with van der Waals surface area (Å²) in [6.07, 6.45) is 0. The Labute approximate surface area is 185 Å². The number of nitrogens with one attached hydrogen (secondary N) is 1. The van der Waals surface area contributed by atoms with Crippen LogP contribution in [0.3, 0.4) is 0 Å². The summed E-state index contributed by atoms with van der Waals surface area (Å²) < 4.78 is 12.1. The average Bonchev–Trinajstić information content (AvgIpc) is 2.76. The SMILES string of the molecule is COCCN(C(=O)COc1ccc2ccccc2c1)c1c(N)n(CC(C)C)c(=O)[nH]c1=O. The van der Waals surface area contributed by atoms with Crippen LogP contribution in [0.25, 0.3) is 10.8 Å². The van der Waals surface area contributed by atoms with Crippen molar-refractivity contribution in [3.8, 4) is 5.75 Å². The van der Waals surface area contributed by atoms with Gasteiger partial charge >= 0.3 is 5.69 Å². The van der Waals surface area contributed by atoms with E-state index in [1.54, 1.807) is 6.07 Å². The van der Waals surface area contributed by atoms with E-state index in [9.17, 15) is 14.4 Å². The van der Waals surface area contributed by atoms with E-state index in [1.165, 1.54) is 16.6 Å². The molecule has 170 valence electrons. The van der Waals surface area contributed by atoms with E-state index in [1.807, 2.05) is 50.2 Å². The number of nitrogens with zero attached hydrogens (tertiary/aromatic N) is 2. The number of amides is 1. The highest BCUT2D eigenvalue weighted by Gasteiger charge is 2.24. The van der Waals surface area contributed by atoms with Crippen LogP contribution in [0, 0.1) is 5.92 Å². The number of hydrogen-bond donors (Lipinski definition) is 2. The van der Waals surface area contributed by atoms with Crippen molar-refractivity contribution in [2.45, 2.75) is 20.4 Å². The van der Waals surface area contributed by atoms with E-state index >= 15 is 0 Å². The minimum Gasteiger partial charge on any atom is -0.484 e. The summed E-state index contributed by atoms with van der Waals surface area (Å²) in [7, 11) is 1.49. The number of anilines is 2. The van der Waals surface area contributed by atoms with E-state index < -0.39 is 17.2 Å². The fraction of sp³-hybridized carbons (Fsp3) is 0.348. The molecular formula is C23H28N4O5. The molecular weight excluding hydrogens is 412 g/mol. The number of carbonyl (C=O) groups is 1. The Morgan fingerprint density at radius 2 is 1.88 bits per heavy atom. The molecule has 9 nitrogen and oxygen atoms in total. The molecule has 0 saturated heterocycles. The van der Waals surface area contributed by atoms with Crippen LogP contribution in [-0.4, -0.2) is 42.3 Å². The van der Waals surface area contributed by atoms with Crippen molar-refractivity contribution < 1.29 is 14.3 Å². The van der Waals surface area contributed by atoms with E-state index in [2.05, 4.69) is 4.98 Å². The third-order valence-corrected chi connectivity index (χ3v) is 4.94. The van der Waals surface area contributed by atoms with Crippen LogP contribution >= 0.6 is 0 Å². The van der Waals surface area contributed by atoms with Crippen molar-refractivity contribution in [2.75, 3.05) is 37.5 Å². The highest BCUT2D eigenvalue weighted by atomic mass is 16.5. The van der Waals surface area contributed by atoms with Gasteiger partial charge < -0.3 is 15.2 Å². The number of aromatic amines is 1. The van der Waals surface area contributed by atoms with Crippen molar-refractivity contribution in [1.82, 2.24) is 9.55 Å². The number of carbonyl (C=O) groups excluding carboxylic acids is 1. The second-order valence-corrected chi connectivity index (χ2v) is 7.83. The second-order valence-electron chi connectivity index (χ2n) is 7.83. The molecule has 0 aliphatic carbocycles. The zero-order valence-electron chi connectivity index (χ0n) is 18.5. The van der Waals surface area contributed by atoms with Crippen LogP contribution in [0.2, 0.25) is 0 Å². The van der Waals surface area contributed by atoms with Gasteiger partial charge in [0, 0.05) is 20.2 Å². The second kappa shape index (κ2) is 10.1. The number of rotatable bonds is 9. The van der Waals surface area contributed by atoms with Crippen molar-refractivity contribution in [2.24, 2.45) is 5.92 Å². The number of hydrogen-bond acceptors (Lipinski definition) is 6. The predicted octanol–water partition coefficient (Wildman–Crippen LogP) is 1.99. The number of H-pyrrole nitrogens is 1. The van der Waals surface area contributed by atoms with Gasteiger partial charge in [0.2, 0.25) is 0 Å². The highest BCUT2D eigenvalue weighted by Crippen LogP contribution is 2.22. The quantitative estimate of drug-likeness (QED) is 0.525. The summed E-state index contributed by atoms with van der Waals surface area (Å²) >= 11 is 0. The maximum absolute atomic E-state index is 13.1. The minimum atomic E-state index is -0.734. The number of nitrogen functional groups attached to an aromatic ring is 1. The molecule has 0 aliphatic heterocycles. The van der Waals surface area contributed by atoms with E-state index in [4.69, 9.17) is 15.2 Å². The molecule has 3 N–H and O–H groups in total. The van der Waals surface area contributed by atoms with Crippen molar-refractivity contribution in [1.29, 1.82) is 0 Å². The molecule has 3 aromatic rings. The Morgan fingerprint density at radius 3 is 2.56 bits per heavy atom. The Balaban J connectivity index is 1.89. The van der Waals surface area contributed by atoms with E-state index in [0.29, 0.717) is 12.3 Å². The summed E-state index contributed by atoms with van der Waals surface area (Å²) in [5, 5.41) is 2.04. The van der Waals surface area contributed by atoms with Gasteiger partial charge in [0.1, 0.15) is 11.6 Å². The zero-order chi connectivity index (χ0) is 23.3. The monoisotopic (exact) mass is 440 g/mol. The molecule has 3 rings (SSSR count). The Hall–Kier alpha value is -3.59. The Morgan fingerprint density at radius 1 is 1.16 bits per heavy atom. The third-order valence-electron chi connectivity index (χ3n) is 4.94. The normalized spacial score (nSPS) is 11.1. The van der Waals surface area contributed by atoms with Gasteiger partial charge in [-0.05, 0) is 28.8 Å². The molecule has 1 aromatic heterocycles. The molecule has 0 atom stereocenters. The number of nitrogens with two attached hydrogens (primary N) is 1. The first kappa shape index (κ1) is 23.1. The lowest BCUT2D eigenvalue weighted by molar-refractivity contribution is -0.120. The molecule has 0 fully saturated rings. The topological polar surface area (TPSA) is 120 Å². The average molecular weight is 441 g/mol. The largest absolute Gasteiger partial charge is 0.484 e. The Bertz CT molecular complexity index is 1210. The highest BCUT2D eigenvalue weighted by molar-refractivity contribution is 5.96. The van der Waals surface area contributed by atoms with Gasteiger partial charge in [-0.25, -0.2) is 4.79 Å². The first-order valence-corrected chi connectivity index (χ1v) is 10.3. The van der Waals surface area contributed by atoms with Crippen molar-refractivity contribution in [3.63, 3.8) is 0 Å². The summed E-state index contributed by atoms with van der Waals surface area (Å²) in [5.41, 5.74) is 4.74. The fourth-order valence-corrected chi connectivity index (χ4v) is 3.41. The lowest BCUT2D eigenvalue weighted by Crippen LogP contribution is -2.44. The predicted molar refractivity (Wildman–Crippen MR) is 124 cm³/mol. The maximum atomic E-state index is 13.1. The van der Waals surface area contributed by atoms with Crippen LogP contribution < -0.4 is 26.6 Å². The molecule has 0 aliphatic rings. The molecule has 32 heavy (non-hydrogen) atoms. The molecule has 0 saturated carbocycles. The minimum absolute atomic E-state index is 0.0670. The van der Waals surface area contributed by atoms with Crippen LogP contribution in [0.1, 0.15) is 13.8 Å². The van der Waals surface area contributed by atoms with Crippen LogP contribution in [-0.2, 0) is 16.1 Å². The molecule has 0 bridgehead atoms. The Kier molecular flexibility index (Phi) is 7.32. The summed E-state index contributed by atoms with van der Waals surface area (Å²) in [6, 6.07) is 13.3. The van der Waals surface area contributed by atoms with Gasteiger partial charge in [-0.3, -0.25) is 24.0 Å². The summed E-state index contributed by atoms with van der Waals surface area (Å²) in [6.45, 7) is 4.07. The van der Waals surface area contributed by atoms with Gasteiger partial charge in [-0.1, -0.05) is 44.2 Å². The molecule has 9 heteroatoms. The molecule has 1 heterocycles. The third kappa shape index (κ3) is 5.17. The molecule has 0 spiro atoms. The summed E-state index contributed by atoms with van der Waals surface area (Å²) in [5.74, 6) is 0.0771. The van der Waals surface area contributed by atoms with Gasteiger partial charge in [0.25, 0.3) is 11.5 Å². The number of ether oxygens (including phenoxy) is 2. The van der Waals surface area contributed by atoms with E-state index in [0.717, 1.165) is 10.8 Å². The first-order chi connectivity index (χ1) is 15.3. The lowest BCUT2D eigenvalue weighted by Gasteiger charge is -2.24. The molecule has 1 amide bonds.